The molecule has 1 atom stereocenters. The molecule has 6 nitrogen and oxygen atoms in total. The number of thiophene rings is 1. The third-order valence-electron chi connectivity index (χ3n) is 5.93. The third kappa shape index (κ3) is 4.88. The predicted octanol–water partition coefficient (Wildman–Crippen LogP) is 2.42. The minimum absolute atomic E-state index is 0.112. The summed E-state index contributed by atoms with van der Waals surface area (Å²) in [6, 6.07) is 7.74. The number of rotatable bonds is 5. The van der Waals surface area contributed by atoms with Gasteiger partial charge in [0.25, 0.3) is 0 Å². The molecule has 1 aromatic carbocycles. The Hall–Kier alpha value is -2.29. The van der Waals surface area contributed by atoms with Crippen molar-refractivity contribution in [1.29, 1.82) is 0 Å². The molecule has 1 unspecified atom stereocenters. The van der Waals surface area contributed by atoms with Gasteiger partial charge in [-0.1, -0.05) is 0 Å². The number of carbonyl (C=O) groups excluding carboxylic acids is 2. The first-order valence-electron chi connectivity index (χ1n) is 10.4. The number of carbonyl (C=O) groups is 2. The van der Waals surface area contributed by atoms with Crippen LogP contribution in [0.25, 0.3) is 0 Å². The van der Waals surface area contributed by atoms with Crippen LogP contribution in [0.15, 0.2) is 35.7 Å². The van der Waals surface area contributed by atoms with E-state index in [2.05, 4.69) is 26.6 Å². The number of piperazine rings is 1. The molecule has 2 aliphatic heterocycles. The lowest BCUT2D eigenvalue weighted by Crippen LogP contribution is -2.55. The van der Waals surface area contributed by atoms with Gasteiger partial charge >= 0.3 is 0 Å². The highest BCUT2D eigenvalue weighted by Crippen LogP contribution is 2.25. The molecule has 1 N–H and O–H groups in total. The Balaban J connectivity index is 1.23. The summed E-state index contributed by atoms with van der Waals surface area (Å²) >= 11 is 1.78. The molecule has 8 heteroatoms. The average Bonchev–Trinajstić information content (AvgIpc) is 3.23. The summed E-state index contributed by atoms with van der Waals surface area (Å²) in [7, 11) is 0. The monoisotopic (exact) mass is 430 g/mol. The number of nitrogens with zero attached hydrogens (tertiary/aromatic N) is 3. The zero-order chi connectivity index (χ0) is 21.1. The molecular formula is C22H27FN4O2S. The number of nitrogens with one attached hydrogen (secondary N) is 1. The zero-order valence-electron chi connectivity index (χ0n) is 17.1. The van der Waals surface area contributed by atoms with Crippen LogP contribution in [0.2, 0.25) is 0 Å². The van der Waals surface area contributed by atoms with Crippen molar-refractivity contribution in [2.45, 2.75) is 25.9 Å². The van der Waals surface area contributed by atoms with Crippen LogP contribution in [0, 0.1) is 5.82 Å². The molecule has 1 aromatic heterocycles. The van der Waals surface area contributed by atoms with Gasteiger partial charge in [-0.25, -0.2) is 4.39 Å². The van der Waals surface area contributed by atoms with E-state index in [-0.39, 0.29) is 23.7 Å². The van der Waals surface area contributed by atoms with Crippen LogP contribution in [-0.4, -0.2) is 71.8 Å². The van der Waals surface area contributed by atoms with E-state index in [4.69, 9.17) is 0 Å². The van der Waals surface area contributed by atoms with Crippen LogP contribution in [0.3, 0.4) is 0 Å². The molecular weight excluding hydrogens is 403 g/mol. The molecule has 0 radical (unpaired) electrons. The number of anilines is 1. The fourth-order valence-corrected chi connectivity index (χ4v) is 4.99. The number of fused-ring (bicyclic) bond motifs is 1. The first-order valence-corrected chi connectivity index (χ1v) is 11.2. The van der Waals surface area contributed by atoms with Gasteiger partial charge in [-0.15, -0.1) is 11.3 Å². The first-order chi connectivity index (χ1) is 14.5. The number of amides is 2. The van der Waals surface area contributed by atoms with Crippen molar-refractivity contribution in [1.82, 2.24) is 14.7 Å². The predicted molar refractivity (Wildman–Crippen MR) is 116 cm³/mol. The van der Waals surface area contributed by atoms with E-state index in [9.17, 15) is 14.0 Å². The standard InChI is InChI=1S/C22H27FN4O2S/c1-16(22(29)27-8-6-20-17(14-27)7-13-30-20)26-11-9-25(10-12-26)15-21(28)24-19-4-2-18(23)3-5-19/h2-5,7,13,16H,6,8-12,14-15H2,1H3,(H,24,28). The van der Waals surface area contributed by atoms with Crippen LogP contribution in [0.5, 0.6) is 0 Å². The van der Waals surface area contributed by atoms with Gasteiger partial charge in [0.2, 0.25) is 11.8 Å². The number of hydrogen-bond acceptors (Lipinski definition) is 5. The lowest BCUT2D eigenvalue weighted by Gasteiger charge is -2.39. The van der Waals surface area contributed by atoms with E-state index < -0.39 is 0 Å². The molecule has 30 heavy (non-hydrogen) atoms. The highest BCUT2D eigenvalue weighted by atomic mass is 32.1. The van der Waals surface area contributed by atoms with Crippen molar-refractivity contribution in [3.05, 3.63) is 52.0 Å². The minimum Gasteiger partial charge on any atom is -0.337 e. The highest BCUT2D eigenvalue weighted by molar-refractivity contribution is 7.10. The number of benzene rings is 1. The maximum absolute atomic E-state index is 13.0. The Labute approximate surface area is 180 Å². The lowest BCUT2D eigenvalue weighted by atomic mass is 10.1. The van der Waals surface area contributed by atoms with E-state index in [1.165, 1.54) is 22.6 Å². The highest BCUT2D eigenvalue weighted by Gasteiger charge is 2.31. The van der Waals surface area contributed by atoms with Gasteiger partial charge in [0, 0.05) is 49.8 Å². The molecule has 4 rings (SSSR count). The van der Waals surface area contributed by atoms with Crippen molar-refractivity contribution >= 4 is 28.8 Å². The van der Waals surface area contributed by atoms with Crippen molar-refractivity contribution in [2.24, 2.45) is 0 Å². The van der Waals surface area contributed by atoms with Crippen molar-refractivity contribution in [3.63, 3.8) is 0 Å². The van der Waals surface area contributed by atoms with E-state index in [1.54, 1.807) is 23.5 Å². The Morgan fingerprint density at radius 1 is 1.10 bits per heavy atom. The molecule has 0 bridgehead atoms. The van der Waals surface area contributed by atoms with Gasteiger partial charge in [0.15, 0.2) is 0 Å². The fourth-order valence-electron chi connectivity index (χ4n) is 4.10. The summed E-state index contributed by atoms with van der Waals surface area (Å²) in [5, 5.41) is 4.90. The molecule has 160 valence electrons. The second-order valence-corrected chi connectivity index (χ2v) is 8.92. The average molecular weight is 431 g/mol. The number of hydrogen-bond donors (Lipinski definition) is 1. The molecule has 0 saturated carbocycles. The Bertz CT molecular complexity index is 893. The summed E-state index contributed by atoms with van der Waals surface area (Å²) in [6.07, 6.45) is 0.947. The second-order valence-electron chi connectivity index (χ2n) is 7.92. The van der Waals surface area contributed by atoms with Gasteiger partial charge < -0.3 is 10.2 Å². The van der Waals surface area contributed by atoms with E-state index in [1.807, 2.05) is 11.8 Å². The molecule has 2 amide bonds. The maximum atomic E-state index is 13.0. The zero-order valence-corrected chi connectivity index (χ0v) is 18.0. The van der Waals surface area contributed by atoms with Gasteiger partial charge in [-0.2, -0.15) is 0 Å². The largest absolute Gasteiger partial charge is 0.337 e. The Morgan fingerprint density at radius 3 is 2.57 bits per heavy atom. The topological polar surface area (TPSA) is 55.9 Å². The van der Waals surface area contributed by atoms with Crippen molar-refractivity contribution in [2.75, 3.05) is 44.6 Å². The molecule has 3 heterocycles. The molecule has 2 aromatic rings. The normalized spacial score (nSPS) is 18.7. The van der Waals surface area contributed by atoms with Crippen LogP contribution < -0.4 is 5.32 Å². The Kier molecular flexibility index (Phi) is 6.46. The summed E-state index contributed by atoms with van der Waals surface area (Å²) in [6.45, 7) is 6.78. The van der Waals surface area contributed by atoms with Crippen molar-refractivity contribution in [3.8, 4) is 0 Å². The van der Waals surface area contributed by atoms with Crippen LogP contribution in [0.1, 0.15) is 17.4 Å². The van der Waals surface area contributed by atoms with Gasteiger partial charge in [0.05, 0.1) is 12.6 Å². The maximum Gasteiger partial charge on any atom is 0.239 e. The van der Waals surface area contributed by atoms with Gasteiger partial charge in [0.1, 0.15) is 5.82 Å². The van der Waals surface area contributed by atoms with Crippen LogP contribution in [0.4, 0.5) is 10.1 Å². The van der Waals surface area contributed by atoms with Crippen LogP contribution >= 0.6 is 11.3 Å². The summed E-state index contributed by atoms with van der Waals surface area (Å²) in [5.74, 6) is -0.249. The molecule has 2 aliphatic rings. The lowest BCUT2D eigenvalue weighted by molar-refractivity contribution is -0.138. The minimum atomic E-state index is -0.326. The fraction of sp³-hybridized carbons (Fsp3) is 0.455. The first kappa shape index (κ1) is 21.0. The van der Waals surface area contributed by atoms with Crippen LogP contribution in [-0.2, 0) is 22.6 Å². The van der Waals surface area contributed by atoms with E-state index in [0.717, 1.165) is 39.1 Å². The van der Waals surface area contributed by atoms with E-state index >= 15 is 0 Å². The Morgan fingerprint density at radius 2 is 1.83 bits per heavy atom. The summed E-state index contributed by atoms with van der Waals surface area (Å²) in [5.41, 5.74) is 1.87. The molecule has 0 aliphatic carbocycles. The van der Waals surface area contributed by atoms with Crippen molar-refractivity contribution < 1.29 is 14.0 Å². The second kappa shape index (κ2) is 9.24. The summed E-state index contributed by atoms with van der Waals surface area (Å²) in [4.78, 5) is 32.9. The molecule has 1 fully saturated rings. The number of halogens is 1. The van der Waals surface area contributed by atoms with E-state index in [0.29, 0.717) is 18.8 Å². The third-order valence-corrected chi connectivity index (χ3v) is 6.95. The SMILES string of the molecule is CC(C(=O)N1CCc2sccc2C1)N1CCN(CC(=O)Nc2ccc(F)cc2)CC1. The van der Waals surface area contributed by atoms with Gasteiger partial charge in [-0.05, 0) is 54.6 Å². The molecule has 1 saturated heterocycles. The van der Waals surface area contributed by atoms with Gasteiger partial charge in [-0.3, -0.25) is 19.4 Å². The molecule has 0 spiro atoms. The summed E-state index contributed by atoms with van der Waals surface area (Å²) < 4.78 is 13.0. The quantitative estimate of drug-likeness (QED) is 0.792. The smallest absolute Gasteiger partial charge is 0.239 e.